The van der Waals surface area contributed by atoms with Crippen molar-refractivity contribution in [3.05, 3.63) is 75.1 Å². The summed E-state index contributed by atoms with van der Waals surface area (Å²) in [6.07, 6.45) is 2.16. The first-order valence-corrected chi connectivity index (χ1v) is 11.0. The molecule has 0 saturated heterocycles. The summed E-state index contributed by atoms with van der Waals surface area (Å²) in [7, 11) is 0. The summed E-state index contributed by atoms with van der Waals surface area (Å²) in [4.78, 5) is 6.97. The molecule has 154 valence electrons. The van der Waals surface area contributed by atoms with Crippen molar-refractivity contribution >= 4 is 33.0 Å². The molecule has 2 aromatic carbocycles. The lowest BCUT2D eigenvalue weighted by Crippen LogP contribution is -2.17. The first-order chi connectivity index (χ1) is 14.4. The van der Waals surface area contributed by atoms with Gasteiger partial charge >= 0.3 is 0 Å². The van der Waals surface area contributed by atoms with Gasteiger partial charge < -0.3 is 9.42 Å². The molecule has 0 N–H and O–H groups in total. The van der Waals surface area contributed by atoms with E-state index in [2.05, 4.69) is 94.2 Å². The molecule has 5 heteroatoms. The fourth-order valence-corrected chi connectivity index (χ4v) is 4.59. The summed E-state index contributed by atoms with van der Waals surface area (Å²) >= 11 is 3.77. The number of benzene rings is 2. The van der Waals surface area contributed by atoms with E-state index in [1.807, 2.05) is 13.8 Å². The van der Waals surface area contributed by atoms with Crippen molar-refractivity contribution in [1.82, 2.24) is 5.16 Å². The molecule has 4 nitrogen and oxygen atoms in total. The van der Waals surface area contributed by atoms with Gasteiger partial charge in [0.15, 0.2) is 0 Å². The van der Waals surface area contributed by atoms with Crippen molar-refractivity contribution in [1.29, 1.82) is 0 Å². The Balaban J connectivity index is 1.74. The van der Waals surface area contributed by atoms with E-state index in [1.165, 1.54) is 16.8 Å². The molecule has 4 rings (SSSR count). The van der Waals surface area contributed by atoms with Crippen molar-refractivity contribution in [2.75, 3.05) is 18.0 Å². The van der Waals surface area contributed by atoms with Gasteiger partial charge in [-0.25, -0.2) is 0 Å². The highest BCUT2D eigenvalue weighted by atomic mass is 79.9. The molecular formula is C25H26BrN3O. The highest BCUT2D eigenvalue weighted by Gasteiger charge is 2.18. The molecule has 0 aliphatic carbocycles. The second kappa shape index (κ2) is 8.23. The largest absolute Gasteiger partial charge is 0.361 e. The molecule has 3 aromatic rings. The lowest BCUT2D eigenvalue weighted by Gasteiger charge is -2.26. The SMILES string of the molecule is CCN(c1ccc(C2=NCC(C)=C2)c(Br)c1)c1cc(-c2c(C)noc2C)ccc1C. The lowest BCUT2D eigenvalue weighted by atomic mass is 10.0. The van der Waals surface area contributed by atoms with Gasteiger partial charge in [0.25, 0.3) is 0 Å². The molecule has 1 aliphatic rings. The van der Waals surface area contributed by atoms with Gasteiger partial charge in [0, 0.05) is 33.5 Å². The normalized spacial score (nSPS) is 13.4. The van der Waals surface area contributed by atoms with Crippen LogP contribution in [0.1, 0.15) is 36.4 Å². The third kappa shape index (κ3) is 3.74. The number of rotatable bonds is 5. The molecule has 0 fully saturated rings. The molecule has 0 unspecified atom stereocenters. The van der Waals surface area contributed by atoms with Gasteiger partial charge in [-0.1, -0.05) is 33.2 Å². The molecule has 1 aromatic heterocycles. The lowest BCUT2D eigenvalue weighted by molar-refractivity contribution is 0.393. The van der Waals surface area contributed by atoms with Crippen LogP contribution in [-0.4, -0.2) is 24.0 Å². The number of aryl methyl sites for hydroxylation is 3. The molecule has 0 spiro atoms. The first kappa shape index (κ1) is 20.6. The van der Waals surface area contributed by atoms with Crippen LogP contribution in [0.5, 0.6) is 0 Å². The average molecular weight is 464 g/mol. The van der Waals surface area contributed by atoms with Crippen molar-refractivity contribution in [3.8, 4) is 11.1 Å². The van der Waals surface area contributed by atoms with E-state index in [1.54, 1.807) is 0 Å². The number of halogens is 1. The minimum Gasteiger partial charge on any atom is -0.361 e. The topological polar surface area (TPSA) is 41.6 Å². The Morgan fingerprint density at radius 1 is 1.07 bits per heavy atom. The summed E-state index contributed by atoms with van der Waals surface area (Å²) in [6, 6.07) is 13.1. The van der Waals surface area contributed by atoms with Crippen molar-refractivity contribution in [3.63, 3.8) is 0 Å². The van der Waals surface area contributed by atoms with E-state index in [0.29, 0.717) is 0 Å². The van der Waals surface area contributed by atoms with Crippen LogP contribution in [0.2, 0.25) is 0 Å². The smallest absolute Gasteiger partial charge is 0.141 e. The van der Waals surface area contributed by atoms with Gasteiger partial charge in [-0.2, -0.15) is 0 Å². The summed E-state index contributed by atoms with van der Waals surface area (Å²) in [6.45, 7) is 12.0. The second-order valence-corrected chi connectivity index (χ2v) is 8.66. The number of aliphatic imine (C=N–C) groups is 1. The van der Waals surface area contributed by atoms with Crippen LogP contribution in [0.4, 0.5) is 11.4 Å². The zero-order valence-corrected chi connectivity index (χ0v) is 19.7. The van der Waals surface area contributed by atoms with Crippen molar-refractivity contribution in [2.45, 2.75) is 34.6 Å². The highest BCUT2D eigenvalue weighted by molar-refractivity contribution is 9.10. The second-order valence-electron chi connectivity index (χ2n) is 7.80. The number of hydrogen-bond acceptors (Lipinski definition) is 4. The van der Waals surface area contributed by atoms with Crippen molar-refractivity contribution in [2.24, 2.45) is 4.99 Å². The van der Waals surface area contributed by atoms with Crippen LogP contribution in [-0.2, 0) is 0 Å². The molecule has 0 saturated carbocycles. The zero-order chi connectivity index (χ0) is 21.4. The van der Waals surface area contributed by atoms with Crippen molar-refractivity contribution < 1.29 is 4.52 Å². The Labute approximate surface area is 186 Å². The molecule has 0 amide bonds. The molecule has 2 heterocycles. The number of allylic oxidation sites excluding steroid dienone is 1. The van der Waals surface area contributed by atoms with Crippen LogP contribution in [0, 0.1) is 20.8 Å². The number of anilines is 2. The Bertz CT molecular complexity index is 1150. The number of aromatic nitrogens is 1. The molecule has 0 radical (unpaired) electrons. The Hall–Kier alpha value is -2.66. The summed E-state index contributed by atoms with van der Waals surface area (Å²) < 4.78 is 6.45. The molecule has 30 heavy (non-hydrogen) atoms. The van der Waals surface area contributed by atoms with E-state index in [-0.39, 0.29) is 0 Å². The maximum Gasteiger partial charge on any atom is 0.141 e. The standard InChI is InChI=1S/C25H26BrN3O/c1-6-29(20-9-10-21(22(26)13-20)23-11-15(2)14-27-23)24-12-19(8-7-16(24)3)25-17(4)28-30-18(25)5/h7-13H,6,14H2,1-5H3. The maximum atomic E-state index is 5.39. The third-order valence-corrected chi connectivity index (χ3v) is 6.22. The van der Waals surface area contributed by atoms with Gasteiger partial charge in [0.2, 0.25) is 0 Å². The molecule has 0 atom stereocenters. The Morgan fingerprint density at radius 2 is 1.87 bits per heavy atom. The van der Waals surface area contributed by atoms with Crippen LogP contribution in [0.15, 0.2) is 62.0 Å². The summed E-state index contributed by atoms with van der Waals surface area (Å²) in [5.41, 5.74) is 10.1. The minimum atomic E-state index is 0.790. The van der Waals surface area contributed by atoms with Gasteiger partial charge in [-0.05, 0) is 81.7 Å². The number of hydrogen-bond donors (Lipinski definition) is 0. The first-order valence-electron chi connectivity index (χ1n) is 10.2. The average Bonchev–Trinajstić information content (AvgIpc) is 3.29. The van der Waals surface area contributed by atoms with Gasteiger partial charge in [-0.3, -0.25) is 4.99 Å². The van der Waals surface area contributed by atoms with Gasteiger partial charge in [0.1, 0.15) is 5.76 Å². The van der Waals surface area contributed by atoms with E-state index in [0.717, 1.165) is 57.1 Å². The maximum absolute atomic E-state index is 5.39. The quantitative estimate of drug-likeness (QED) is 0.411. The van der Waals surface area contributed by atoms with E-state index in [4.69, 9.17) is 4.52 Å². The fraction of sp³-hybridized carbons (Fsp3) is 0.280. The zero-order valence-electron chi connectivity index (χ0n) is 18.1. The highest BCUT2D eigenvalue weighted by Crippen LogP contribution is 2.36. The molecule has 0 bridgehead atoms. The Morgan fingerprint density at radius 3 is 2.47 bits per heavy atom. The van der Waals surface area contributed by atoms with E-state index < -0.39 is 0 Å². The third-order valence-electron chi connectivity index (χ3n) is 5.56. The van der Waals surface area contributed by atoms with Crippen LogP contribution >= 0.6 is 15.9 Å². The van der Waals surface area contributed by atoms with Gasteiger partial charge in [0.05, 0.1) is 18.0 Å². The van der Waals surface area contributed by atoms with E-state index in [9.17, 15) is 0 Å². The summed E-state index contributed by atoms with van der Waals surface area (Å²) in [5, 5.41) is 4.12. The van der Waals surface area contributed by atoms with Crippen LogP contribution in [0.3, 0.4) is 0 Å². The predicted octanol–water partition coefficient (Wildman–Crippen LogP) is 6.94. The fourth-order valence-electron chi connectivity index (χ4n) is 4.02. The minimum absolute atomic E-state index is 0.790. The van der Waals surface area contributed by atoms with Crippen LogP contribution in [0.25, 0.3) is 11.1 Å². The van der Waals surface area contributed by atoms with Gasteiger partial charge in [-0.15, -0.1) is 0 Å². The molecule has 1 aliphatic heterocycles. The van der Waals surface area contributed by atoms with E-state index >= 15 is 0 Å². The monoisotopic (exact) mass is 463 g/mol. The van der Waals surface area contributed by atoms with Crippen LogP contribution < -0.4 is 4.90 Å². The summed E-state index contributed by atoms with van der Waals surface area (Å²) in [5.74, 6) is 0.845. The number of nitrogens with zero attached hydrogens (tertiary/aromatic N) is 3. The Kier molecular flexibility index (Phi) is 5.65. The predicted molar refractivity (Wildman–Crippen MR) is 128 cm³/mol. The molecular weight excluding hydrogens is 438 g/mol.